The molecule has 0 saturated heterocycles. The molecule has 0 aliphatic heterocycles. The van der Waals surface area contributed by atoms with Gasteiger partial charge in [-0.15, -0.1) is 11.3 Å². The molecule has 0 aromatic carbocycles. The number of nitrogens with zero attached hydrogens (tertiary/aromatic N) is 4. The van der Waals surface area contributed by atoms with E-state index in [4.69, 9.17) is 5.11 Å². The van der Waals surface area contributed by atoms with E-state index in [1.54, 1.807) is 11.3 Å². The minimum atomic E-state index is -0.750. The van der Waals surface area contributed by atoms with Gasteiger partial charge in [-0.2, -0.15) is 5.10 Å². The summed E-state index contributed by atoms with van der Waals surface area (Å²) in [7, 11) is 0. The first-order valence-corrected chi connectivity index (χ1v) is 7.75. The number of imidazole rings is 1. The van der Waals surface area contributed by atoms with Gasteiger partial charge < -0.3 is 5.11 Å². The summed E-state index contributed by atoms with van der Waals surface area (Å²) in [6, 6.07) is 0. The van der Waals surface area contributed by atoms with Gasteiger partial charge >= 0.3 is 5.97 Å². The first kappa shape index (κ1) is 13.8. The van der Waals surface area contributed by atoms with Crippen LogP contribution in [-0.2, 0) is 17.8 Å². The lowest BCUT2D eigenvalue weighted by Crippen LogP contribution is -1.97. The Labute approximate surface area is 125 Å². The van der Waals surface area contributed by atoms with Gasteiger partial charge in [0.05, 0.1) is 11.9 Å². The summed E-state index contributed by atoms with van der Waals surface area (Å²) in [6.07, 6.45) is 7.39. The van der Waals surface area contributed by atoms with Crippen LogP contribution in [0.3, 0.4) is 0 Å². The summed E-state index contributed by atoms with van der Waals surface area (Å²) < 4.78 is 3.92. The van der Waals surface area contributed by atoms with Crippen LogP contribution in [0.5, 0.6) is 0 Å². The summed E-state index contributed by atoms with van der Waals surface area (Å²) >= 11 is 1.58. The van der Waals surface area contributed by atoms with Gasteiger partial charge in [0.2, 0.25) is 0 Å². The van der Waals surface area contributed by atoms with Crippen LogP contribution < -0.4 is 0 Å². The molecule has 0 spiro atoms. The molecule has 0 saturated carbocycles. The van der Waals surface area contributed by atoms with E-state index in [1.807, 2.05) is 40.0 Å². The number of rotatable bonds is 6. The van der Waals surface area contributed by atoms with Crippen LogP contribution in [0.25, 0.3) is 16.2 Å². The van der Waals surface area contributed by atoms with Crippen molar-refractivity contribution in [2.24, 2.45) is 0 Å². The highest BCUT2D eigenvalue weighted by Gasteiger charge is 2.11. The Morgan fingerprint density at radius 2 is 2.29 bits per heavy atom. The number of carboxylic acids is 1. The van der Waals surface area contributed by atoms with Crippen molar-refractivity contribution in [1.82, 2.24) is 19.2 Å². The SMILES string of the molecule is CCn1cc(-c2cn3c(CCCC(=O)O)csc3n2)cn1. The molecule has 0 amide bonds. The zero-order valence-electron chi connectivity index (χ0n) is 11.7. The van der Waals surface area contributed by atoms with Gasteiger partial charge in [-0.3, -0.25) is 13.9 Å². The molecule has 0 aliphatic carbocycles. The quantitative estimate of drug-likeness (QED) is 0.760. The van der Waals surface area contributed by atoms with Gasteiger partial charge in [0.1, 0.15) is 0 Å². The van der Waals surface area contributed by atoms with Gasteiger partial charge in [-0.25, -0.2) is 4.98 Å². The number of aliphatic carboxylic acids is 1. The van der Waals surface area contributed by atoms with E-state index in [0.717, 1.165) is 34.9 Å². The second-order valence-corrected chi connectivity index (χ2v) is 5.67. The average molecular weight is 304 g/mol. The van der Waals surface area contributed by atoms with Crippen LogP contribution in [0.2, 0.25) is 0 Å². The molecule has 0 radical (unpaired) electrons. The third-order valence-corrected chi connectivity index (χ3v) is 4.25. The molecular formula is C14H16N4O2S. The van der Waals surface area contributed by atoms with Crippen LogP contribution in [0.15, 0.2) is 24.0 Å². The van der Waals surface area contributed by atoms with E-state index in [1.165, 1.54) is 0 Å². The zero-order valence-corrected chi connectivity index (χ0v) is 12.5. The highest BCUT2D eigenvalue weighted by atomic mass is 32.1. The molecule has 0 aliphatic rings. The predicted octanol–water partition coefficient (Wildman–Crippen LogP) is 2.69. The smallest absolute Gasteiger partial charge is 0.303 e. The van der Waals surface area contributed by atoms with E-state index in [2.05, 4.69) is 10.1 Å². The van der Waals surface area contributed by atoms with Crippen LogP contribution >= 0.6 is 11.3 Å². The minimum absolute atomic E-state index is 0.197. The van der Waals surface area contributed by atoms with Crippen molar-refractivity contribution in [3.8, 4) is 11.3 Å². The maximum Gasteiger partial charge on any atom is 0.303 e. The largest absolute Gasteiger partial charge is 0.481 e. The van der Waals surface area contributed by atoms with Gasteiger partial charge in [0, 0.05) is 42.0 Å². The molecule has 3 rings (SSSR count). The number of carboxylic acid groups (broad SMARTS) is 1. The number of aryl methyl sites for hydroxylation is 2. The lowest BCUT2D eigenvalue weighted by molar-refractivity contribution is -0.137. The summed E-state index contributed by atoms with van der Waals surface area (Å²) in [5, 5.41) is 15.0. The van der Waals surface area contributed by atoms with E-state index < -0.39 is 5.97 Å². The summed E-state index contributed by atoms with van der Waals surface area (Å²) in [5.41, 5.74) is 3.02. The van der Waals surface area contributed by atoms with Gasteiger partial charge in [-0.1, -0.05) is 0 Å². The van der Waals surface area contributed by atoms with Gasteiger partial charge in [-0.05, 0) is 19.8 Å². The number of thiazole rings is 1. The van der Waals surface area contributed by atoms with Crippen molar-refractivity contribution in [2.75, 3.05) is 0 Å². The lowest BCUT2D eigenvalue weighted by Gasteiger charge is -1.97. The topological polar surface area (TPSA) is 72.4 Å². The molecule has 21 heavy (non-hydrogen) atoms. The number of carbonyl (C=O) groups is 1. The van der Waals surface area contributed by atoms with E-state index in [-0.39, 0.29) is 6.42 Å². The first-order valence-electron chi connectivity index (χ1n) is 6.87. The molecule has 6 nitrogen and oxygen atoms in total. The van der Waals surface area contributed by atoms with Crippen molar-refractivity contribution in [3.63, 3.8) is 0 Å². The first-order chi connectivity index (χ1) is 10.2. The molecule has 3 aromatic heterocycles. The third kappa shape index (κ3) is 2.82. The second-order valence-electron chi connectivity index (χ2n) is 4.84. The van der Waals surface area contributed by atoms with Crippen LogP contribution in [0.4, 0.5) is 0 Å². The molecule has 3 heterocycles. The molecule has 3 aromatic rings. The predicted molar refractivity (Wildman–Crippen MR) is 80.5 cm³/mol. The minimum Gasteiger partial charge on any atom is -0.481 e. The normalized spacial score (nSPS) is 11.3. The molecule has 0 atom stereocenters. The highest BCUT2D eigenvalue weighted by Crippen LogP contribution is 2.24. The fourth-order valence-electron chi connectivity index (χ4n) is 2.24. The summed E-state index contributed by atoms with van der Waals surface area (Å²) in [5.74, 6) is -0.750. The fraction of sp³-hybridized carbons (Fsp3) is 0.357. The Balaban J connectivity index is 1.83. The van der Waals surface area contributed by atoms with Crippen molar-refractivity contribution in [1.29, 1.82) is 0 Å². The Bertz CT molecular complexity index is 771. The highest BCUT2D eigenvalue weighted by molar-refractivity contribution is 7.15. The Kier molecular flexibility index (Phi) is 3.74. The third-order valence-electron chi connectivity index (χ3n) is 3.36. The molecule has 0 fully saturated rings. The van der Waals surface area contributed by atoms with E-state index in [9.17, 15) is 4.79 Å². The summed E-state index contributed by atoms with van der Waals surface area (Å²) in [4.78, 5) is 16.1. The maximum atomic E-state index is 10.6. The van der Waals surface area contributed by atoms with E-state index in [0.29, 0.717) is 6.42 Å². The second kappa shape index (κ2) is 5.69. The Morgan fingerprint density at radius 1 is 1.43 bits per heavy atom. The standard InChI is InChI=1S/C14H16N4O2S/c1-2-17-7-10(6-15-17)12-8-18-11(4-3-5-13(19)20)9-21-14(18)16-12/h6-9H,2-5H2,1H3,(H,19,20). The van der Waals surface area contributed by atoms with Gasteiger partial charge in [0.15, 0.2) is 4.96 Å². The number of hydrogen-bond donors (Lipinski definition) is 1. The van der Waals surface area contributed by atoms with Crippen LogP contribution in [0, 0.1) is 0 Å². The molecule has 0 bridgehead atoms. The molecule has 0 unspecified atom stereocenters. The monoisotopic (exact) mass is 304 g/mol. The Hall–Kier alpha value is -2.15. The van der Waals surface area contributed by atoms with Crippen molar-refractivity contribution in [2.45, 2.75) is 32.7 Å². The number of hydrogen-bond acceptors (Lipinski definition) is 4. The maximum absolute atomic E-state index is 10.6. The van der Waals surface area contributed by atoms with Crippen molar-refractivity contribution in [3.05, 3.63) is 29.7 Å². The van der Waals surface area contributed by atoms with Crippen LogP contribution in [0.1, 0.15) is 25.5 Å². The van der Waals surface area contributed by atoms with Crippen molar-refractivity contribution < 1.29 is 9.90 Å². The zero-order chi connectivity index (χ0) is 14.8. The number of aromatic nitrogens is 4. The Morgan fingerprint density at radius 3 is 3.00 bits per heavy atom. The number of fused-ring (bicyclic) bond motifs is 1. The van der Waals surface area contributed by atoms with Gasteiger partial charge in [0.25, 0.3) is 0 Å². The fourth-order valence-corrected chi connectivity index (χ4v) is 3.15. The molecule has 7 heteroatoms. The lowest BCUT2D eigenvalue weighted by atomic mass is 10.2. The van der Waals surface area contributed by atoms with Crippen molar-refractivity contribution >= 4 is 22.3 Å². The summed E-state index contributed by atoms with van der Waals surface area (Å²) in [6.45, 7) is 2.88. The van der Waals surface area contributed by atoms with E-state index >= 15 is 0 Å². The average Bonchev–Trinajstić information content (AvgIpc) is 3.12. The van der Waals surface area contributed by atoms with Crippen LogP contribution in [-0.4, -0.2) is 30.2 Å². The molecule has 110 valence electrons. The molecule has 1 N–H and O–H groups in total. The molecular weight excluding hydrogens is 288 g/mol.